The van der Waals surface area contributed by atoms with Gasteiger partial charge in [0.2, 0.25) is 0 Å². The van der Waals surface area contributed by atoms with Crippen molar-refractivity contribution in [2.75, 3.05) is 18.0 Å². The number of hydrogen-bond donors (Lipinski definition) is 1. The molecule has 1 amide bonds. The Labute approximate surface area is 210 Å². The summed E-state index contributed by atoms with van der Waals surface area (Å²) in [5, 5.41) is 3.66. The molecule has 2 aromatic carbocycles. The Bertz CT molecular complexity index is 1250. The Morgan fingerprint density at radius 1 is 0.914 bits per heavy atom. The quantitative estimate of drug-likeness (QED) is 0.234. The summed E-state index contributed by atoms with van der Waals surface area (Å²) < 4.78 is 0. The zero-order valence-electron chi connectivity index (χ0n) is 20.0. The first-order chi connectivity index (χ1) is 17.2. The third-order valence-corrected chi connectivity index (χ3v) is 6.48. The molecule has 6 nitrogen and oxygen atoms in total. The summed E-state index contributed by atoms with van der Waals surface area (Å²) >= 11 is 1.57. The van der Waals surface area contributed by atoms with Crippen LogP contribution in [-0.4, -0.2) is 33.9 Å². The highest BCUT2D eigenvalue weighted by molar-refractivity contribution is 7.98. The predicted molar refractivity (Wildman–Crippen MR) is 142 cm³/mol. The number of anilines is 1. The monoisotopic (exact) mass is 483 g/mol. The molecule has 4 aromatic rings. The van der Waals surface area contributed by atoms with E-state index >= 15 is 0 Å². The summed E-state index contributed by atoms with van der Waals surface area (Å²) in [5.41, 5.74) is 4.47. The lowest BCUT2D eigenvalue weighted by Gasteiger charge is -2.21. The third kappa shape index (κ3) is 6.67. The van der Waals surface area contributed by atoms with Crippen LogP contribution >= 0.6 is 11.8 Å². The number of nitrogens with one attached hydrogen (secondary N) is 1. The molecule has 35 heavy (non-hydrogen) atoms. The molecule has 2 aromatic heterocycles. The summed E-state index contributed by atoms with van der Waals surface area (Å²) in [6.45, 7) is 6.41. The van der Waals surface area contributed by atoms with Crippen LogP contribution in [0, 0.1) is 0 Å². The highest BCUT2D eigenvalue weighted by Gasteiger charge is 2.12. The summed E-state index contributed by atoms with van der Waals surface area (Å²) in [7, 11) is 0. The number of benzene rings is 2. The molecule has 0 radical (unpaired) electrons. The normalized spacial score (nSPS) is 10.7. The van der Waals surface area contributed by atoms with Gasteiger partial charge in [0.15, 0.2) is 5.16 Å². The van der Waals surface area contributed by atoms with Crippen LogP contribution in [-0.2, 0) is 12.3 Å². The Hall–Kier alpha value is -3.71. The maximum absolute atomic E-state index is 12.7. The first kappa shape index (κ1) is 24.4. The first-order valence-electron chi connectivity index (χ1n) is 11.8. The van der Waals surface area contributed by atoms with Gasteiger partial charge in [0.25, 0.3) is 5.91 Å². The van der Waals surface area contributed by atoms with Gasteiger partial charge in [0.05, 0.1) is 17.9 Å². The van der Waals surface area contributed by atoms with Crippen LogP contribution in [0.15, 0.2) is 90.2 Å². The molecule has 0 aliphatic heterocycles. The van der Waals surface area contributed by atoms with Crippen molar-refractivity contribution < 1.29 is 4.79 Å². The summed E-state index contributed by atoms with van der Waals surface area (Å²) in [4.78, 5) is 28.8. The number of amides is 1. The molecule has 0 unspecified atom stereocenters. The molecule has 0 atom stereocenters. The van der Waals surface area contributed by atoms with Crippen molar-refractivity contribution in [1.82, 2.24) is 20.3 Å². The van der Waals surface area contributed by atoms with Crippen LogP contribution in [0.5, 0.6) is 0 Å². The minimum atomic E-state index is -0.117. The van der Waals surface area contributed by atoms with Crippen molar-refractivity contribution in [3.63, 3.8) is 0 Å². The van der Waals surface area contributed by atoms with E-state index in [0.717, 1.165) is 46.6 Å². The van der Waals surface area contributed by atoms with Gasteiger partial charge >= 0.3 is 0 Å². The van der Waals surface area contributed by atoms with E-state index in [1.165, 1.54) is 0 Å². The standard InChI is InChI=1S/C28H29N5OS/c1-3-33(4-2)26-18-25(22-12-6-5-7-13-22)31-28(32-26)35-20-21-11-10-14-23(17-21)27(34)30-19-24-15-8-9-16-29-24/h5-18H,3-4,19-20H2,1-2H3,(H,30,34). The van der Waals surface area contributed by atoms with E-state index in [-0.39, 0.29) is 5.91 Å². The van der Waals surface area contributed by atoms with E-state index in [9.17, 15) is 4.79 Å². The number of nitrogens with zero attached hydrogens (tertiary/aromatic N) is 4. The fourth-order valence-corrected chi connectivity index (χ4v) is 4.47. The molecule has 0 saturated carbocycles. The minimum Gasteiger partial charge on any atom is -0.357 e. The molecule has 0 saturated heterocycles. The molecule has 0 aliphatic rings. The molecule has 0 bridgehead atoms. The van der Waals surface area contributed by atoms with E-state index in [4.69, 9.17) is 9.97 Å². The SMILES string of the molecule is CCN(CC)c1cc(-c2ccccc2)nc(SCc2cccc(C(=O)NCc3ccccn3)c2)n1. The lowest BCUT2D eigenvalue weighted by molar-refractivity contribution is 0.0950. The summed E-state index contributed by atoms with van der Waals surface area (Å²) in [6, 6.07) is 25.6. The number of aromatic nitrogens is 3. The second kappa shape index (κ2) is 12.1. The van der Waals surface area contributed by atoms with Gasteiger partial charge in [0.1, 0.15) is 5.82 Å². The number of carbonyl (C=O) groups is 1. The van der Waals surface area contributed by atoms with E-state index in [1.54, 1.807) is 18.0 Å². The Morgan fingerprint density at radius 2 is 1.71 bits per heavy atom. The lowest BCUT2D eigenvalue weighted by atomic mass is 10.1. The number of rotatable bonds is 10. The average Bonchev–Trinajstić information content (AvgIpc) is 2.92. The van der Waals surface area contributed by atoms with E-state index in [1.807, 2.05) is 60.7 Å². The van der Waals surface area contributed by atoms with E-state index in [0.29, 0.717) is 17.9 Å². The molecular weight excluding hydrogens is 454 g/mol. The minimum absolute atomic E-state index is 0.117. The number of carbonyl (C=O) groups excluding carboxylic acids is 1. The summed E-state index contributed by atoms with van der Waals surface area (Å²) in [6.07, 6.45) is 1.72. The molecule has 178 valence electrons. The van der Waals surface area contributed by atoms with Crippen molar-refractivity contribution in [1.29, 1.82) is 0 Å². The van der Waals surface area contributed by atoms with Gasteiger partial charge in [-0.1, -0.05) is 60.3 Å². The van der Waals surface area contributed by atoms with Crippen molar-refractivity contribution in [3.05, 3.63) is 102 Å². The van der Waals surface area contributed by atoms with Crippen LogP contribution in [0.3, 0.4) is 0 Å². The van der Waals surface area contributed by atoms with Gasteiger partial charge in [-0.15, -0.1) is 0 Å². The van der Waals surface area contributed by atoms with Crippen molar-refractivity contribution in [3.8, 4) is 11.3 Å². The van der Waals surface area contributed by atoms with Gasteiger partial charge in [0, 0.05) is 42.2 Å². The Balaban J connectivity index is 1.48. The predicted octanol–water partition coefficient (Wildman–Crippen LogP) is 5.61. The van der Waals surface area contributed by atoms with Crippen LogP contribution in [0.4, 0.5) is 5.82 Å². The highest BCUT2D eigenvalue weighted by atomic mass is 32.2. The van der Waals surface area contributed by atoms with E-state index in [2.05, 4.69) is 47.2 Å². The molecule has 0 spiro atoms. The van der Waals surface area contributed by atoms with Crippen molar-refractivity contribution in [2.24, 2.45) is 0 Å². The second-order valence-electron chi connectivity index (χ2n) is 7.93. The highest BCUT2D eigenvalue weighted by Crippen LogP contribution is 2.27. The van der Waals surface area contributed by atoms with Gasteiger partial charge in [-0.25, -0.2) is 9.97 Å². The topological polar surface area (TPSA) is 71.0 Å². The zero-order valence-corrected chi connectivity index (χ0v) is 20.8. The van der Waals surface area contributed by atoms with Crippen LogP contribution in [0.25, 0.3) is 11.3 Å². The molecule has 0 fully saturated rings. The molecule has 2 heterocycles. The fourth-order valence-electron chi connectivity index (χ4n) is 3.67. The van der Waals surface area contributed by atoms with Gasteiger partial charge in [-0.05, 0) is 43.7 Å². The van der Waals surface area contributed by atoms with Crippen LogP contribution in [0.2, 0.25) is 0 Å². The lowest BCUT2D eigenvalue weighted by Crippen LogP contribution is -2.23. The van der Waals surface area contributed by atoms with Crippen molar-refractivity contribution >= 4 is 23.5 Å². The van der Waals surface area contributed by atoms with E-state index < -0.39 is 0 Å². The van der Waals surface area contributed by atoms with Gasteiger partial charge < -0.3 is 10.2 Å². The van der Waals surface area contributed by atoms with Gasteiger partial charge in [-0.3, -0.25) is 9.78 Å². The summed E-state index contributed by atoms with van der Waals surface area (Å²) in [5.74, 6) is 1.47. The maximum atomic E-state index is 12.7. The van der Waals surface area contributed by atoms with Crippen molar-refractivity contribution in [2.45, 2.75) is 31.3 Å². The largest absolute Gasteiger partial charge is 0.357 e. The number of pyridine rings is 1. The zero-order chi connectivity index (χ0) is 24.5. The molecule has 0 aliphatic carbocycles. The van der Waals surface area contributed by atoms with Crippen LogP contribution in [0.1, 0.15) is 35.5 Å². The smallest absolute Gasteiger partial charge is 0.251 e. The molecular formula is C28H29N5OS. The third-order valence-electron chi connectivity index (χ3n) is 5.56. The average molecular weight is 484 g/mol. The van der Waals surface area contributed by atoms with Crippen LogP contribution < -0.4 is 10.2 Å². The number of hydrogen-bond acceptors (Lipinski definition) is 6. The fraction of sp³-hybridized carbons (Fsp3) is 0.214. The molecule has 7 heteroatoms. The Kier molecular flexibility index (Phi) is 8.46. The second-order valence-corrected chi connectivity index (χ2v) is 8.87. The molecule has 4 rings (SSSR count). The van der Waals surface area contributed by atoms with Gasteiger partial charge in [-0.2, -0.15) is 0 Å². The maximum Gasteiger partial charge on any atom is 0.251 e. The number of thioether (sulfide) groups is 1. The first-order valence-corrected chi connectivity index (χ1v) is 12.7. The molecule has 1 N–H and O–H groups in total. The Morgan fingerprint density at radius 3 is 2.46 bits per heavy atom.